The average Bonchev–Trinajstić information content (AvgIpc) is 2.74. The van der Waals surface area contributed by atoms with Crippen LogP contribution in [0.15, 0.2) is 48.8 Å². The number of hydrogen-bond acceptors (Lipinski definition) is 4. The smallest absolute Gasteiger partial charge is 0.253 e. The van der Waals surface area contributed by atoms with Crippen molar-refractivity contribution in [3.8, 4) is 5.75 Å². The van der Waals surface area contributed by atoms with Gasteiger partial charge in [-0.2, -0.15) is 0 Å². The zero-order chi connectivity index (χ0) is 21.1. The third-order valence-corrected chi connectivity index (χ3v) is 6.07. The molecule has 2 amide bonds. The van der Waals surface area contributed by atoms with Crippen molar-refractivity contribution >= 4 is 11.8 Å². The Morgan fingerprint density at radius 2 is 1.87 bits per heavy atom. The Hall–Kier alpha value is -2.89. The highest BCUT2D eigenvalue weighted by atomic mass is 16.5. The number of nitrogens with zero attached hydrogens (tertiary/aromatic N) is 2. The number of rotatable bonds is 4. The molecule has 1 aromatic heterocycles. The number of fused-ring (bicyclic) bond motifs is 1. The number of pyridine rings is 1. The van der Waals surface area contributed by atoms with Crippen molar-refractivity contribution in [3.63, 3.8) is 0 Å². The molecule has 1 saturated heterocycles. The Morgan fingerprint density at radius 1 is 1.17 bits per heavy atom. The second-order valence-corrected chi connectivity index (χ2v) is 8.68. The monoisotopic (exact) mass is 407 g/mol. The Labute approximate surface area is 177 Å². The summed E-state index contributed by atoms with van der Waals surface area (Å²) >= 11 is 0. The normalized spacial score (nSPS) is 19.8. The molecule has 0 saturated carbocycles. The molecule has 2 aliphatic heterocycles. The lowest BCUT2D eigenvalue weighted by atomic mass is 9.76. The molecule has 6 nitrogen and oxygen atoms in total. The number of carbonyl (C=O) groups is 2. The summed E-state index contributed by atoms with van der Waals surface area (Å²) in [6, 6.07) is 11.7. The lowest BCUT2D eigenvalue weighted by Crippen LogP contribution is -2.52. The molecule has 30 heavy (non-hydrogen) atoms. The summed E-state index contributed by atoms with van der Waals surface area (Å²) in [6.45, 7) is 5.25. The van der Waals surface area contributed by atoms with E-state index in [9.17, 15) is 9.59 Å². The number of aromatic nitrogens is 1. The van der Waals surface area contributed by atoms with Crippen LogP contribution in [0.1, 0.15) is 61.4 Å². The van der Waals surface area contributed by atoms with Gasteiger partial charge in [-0.1, -0.05) is 18.2 Å². The van der Waals surface area contributed by atoms with Gasteiger partial charge >= 0.3 is 0 Å². The fourth-order valence-corrected chi connectivity index (χ4v) is 4.63. The number of piperidine rings is 1. The van der Waals surface area contributed by atoms with Crippen molar-refractivity contribution < 1.29 is 14.3 Å². The van der Waals surface area contributed by atoms with Crippen LogP contribution in [0.5, 0.6) is 5.75 Å². The number of ether oxygens (including phenoxy) is 1. The van der Waals surface area contributed by atoms with Gasteiger partial charge in [-0.3, -0.25) is 14.6 Å². The third-order valence-electron chi connectivity index (χ3n) is 6.07. The third kappa shape index (κ3) is 4.32. The van der Waals surface area contributed by atoms with E-state index < -0.39 is 0 Å². The molecule has 0 aliphatic carbocycles. The summed E-state index contributed by atoms with van der Waals surface area (Å²) in [4.78, 5) is 31.2. The standard InChI is InChI=1S/C24H29N3O3/c1-17(2)26-22(28)15-19-16-24(30-21-6-4-3-5-20(19)21)9-13-27(14-10-24)23(29)18-7-11-25-12-8-18/h3-8,11-12,17,19H,9-10,13-16H2,1-2H3,(H,26,28). The second kappa shape index (κ2) is 8.46. The molecule has 0 bridgehead atoms. The van der Waals surface area contributed by atoms with Crippen LogP contribution in [0.4, 0.5) is 0 Å². The van der Waals surface area contributed by atoms with Gasteiger partial charge in [-0.15, -0.1) is 0 Å². The quantitative estimate of drug-likeness (QED) is 0.842. The summed E-state index contributed by atoms with van der Waals surface area (Å²) in [6.07, 6.45) is 6.08. The number of carbonyl (C=O) groups excluding carboxylic acids is 2. The van der Waals surface area contributed by atoms with Crippen molar-refractivity contribution in [2.24, 2.45) is 0 Å². The van der Waals surface area contributed by atoms with Crippen LogP contribution in [-0.4, -0.2) is 46.4 Å². The molecule has 3 heterocycles. The van der Waals surface area contributed by atoms with Gasteiger partial charge in [0.1, 0.15) is 11.4 Å². The topological polar surface area (TPSA) is 71.5 Å². The predicted octanol–water partition coefficient (Wildman–Crippen LogP) is 3.54. The minimum atomic E-state index is -0.327. The average molecular weight is 408 g/mol. The zero-order valence-corrected chi connectivity index (χ0v) is 17.6. The summed E-state index contributed by atoms with van der Waals surface area (Å²) in [5.41, 5.74) is 1.45. The highest BCUT2D eigenvalue weighted by Crippen LogP contribution is 2.46. The zero-order valence-electron chi connectivity index (χ0n) is 17.6. The van der Waals surface area contributed by atoms with Crippen molar-refractivity contribution in [3.05, 3.63) is 59.9 Å². The Kier molecular flexibility index (Phi) is 5.75. The second-order valence-electron chi connectivity index (χ2n) is 8.68. The van der Waals surface area contributed by atoms with Crippen LogP contribution in [-0.2, 0) is 4.79 Å². The summed E-state index contributed by atoms with van der Waals surface area (Å²) in [5, 5.41) is 3.01. The SMILES string of the molecule is CC(C)NC(=O)CC1CC2(CCN(C(=O)c3ccncc3)CC2)Oc2ccccc21. The van der Waals surface area contributed by atoms with Gasteiger partial charge in [-0.05, 0) is 44.0 Å². The molecule has 1 atom stereocenters. The Bertz CT molecular complexity index is 905. The largest absolute Gasteiger partial charge is 0.487 e. The van der Waals surface area contributed by atoms with Gasteiger partial charge < -0.3 is 15.0 Å². The molecule has 2 aromatic rings. The maximum Gasteiger partial charge on any atom is 0.253 e. The molecule has 0 radical (unpaired) electrons. The van der Waals surface area contributed by atoms with E-state index in [0.717, 1.165) is 30.6 Å². The molecule has 2 aliphatic rings. The number of likely N-dealkylation sites (tertiary alicyclic amines) is 1. The summed E-state index contributed by atoms with van der Waals surface area (Å²) < 4.78 is 6.51. The number of hydrogen-bond donors (Lipinski definition) is 1. The van der Waals surface area contributed by atoms with E-state index in [1.807, 2.05) is 36.9 Å². The molecule has 1 fully saturated rings. The highest BCUT2D eigenvalue weighted by molar-refractivity contribution is 5.94. The number of para-hydroxylation sites is 1. The van der Waals surface area contributed by atoms with E-state index in [0.29, 0.717) is 25.1 Å². The van der Waals surface area contributed by atoms with Crippen LogP contribution in [0, 0.1) is 0 Å². The van der Waals surface area contributed by atoms with E-state index in [2.05, 4.69) is 16.4 Å². The summed E-state index contributed by atoms with van der Waals surface area (Å²) in [7, 11) is 0. The number of amides is 2. The van der Waals surface area contributed by atoms with Crippen LogP contribution in [0.3, 0.4) is 0 Å². The van der Waals surface area contributed by atoms with Crippen LogP contribution in [0.2, 0.25) is 0 Å². The van der Waals surface area contributed by atoms with Gasteiger partial charge in [0.2, 0.25) is 5.91 Å². The van der Waals surface area contributed by atoms with Crippen LogP contribution >= 0.6 is 0 Å². The van der Waals surface area contributed by atoms with E-state index >= 15 is 0 Å². The number of benzene rings is 1. The van der Waals surface area contributed by atoms with Crippen LogP contribution in [0.25, 0.3) is 0 Å². The highest BCUT2D eigenvalue weighted by Gasteiger charge is 2.44. The molecule has 4 rings (SSSR count). The molecule has 1 aromatic carbocycles. The molecule has 6 heteroatoms. The minimum absolute atomic E-state index is 0.0383. The van der Waals surface area contributed by atoms with E-state index in [4.69, 9.17) is 4.74 Å². The first-order valence-electron chi connectivity index (χ1n) is 10.7. The maximum absolute atomic E-state index is 12.8. The van der Waals surface area contributed by atoms with E-state index in [1.165, 1.54) is 0 Å². The van der Waals surface area contributed by atoms with E-state index in [-0.39, 0.29) is 29.4 Å². The molecule has 1 spiro atoms. The Morgan fingerprint density at radius 3 is 2.57 bits per heavy atom. The molecule has 158 valence electrons. The van der Waals surface area contributed by atoms with Gasteiger partial charge in [0.15, 0.2) is 0 Å². The van der Waals surface area contributed by atoms with Gasteiger partial charge in [0.05, 0.1) is 0 Å². The Balaban J connectivity index is 1.48. The van der Waals surface area contributed by atoms with Crippen molar-refractivity contribution in [1.82, 2.24) is 15.2 Å². The molecule has 1 N–H and O–H groups in total. The van der Waals surface area contributed by atoms with Gasteiger partial charge in [-0.25, -0.2) is 0 Å². The van der Waals surface area contributed by atoms with Crippen molar-refractivity contribution in [1.29, 1.82) is 0 Å². The first-order chi connectivity index (χ1) is 14.5. The fourth-order valence-electron chi connectivity index (χ4n) is 4.63. The van der Waals surface area contributed by atoms with Crippen molar-refractivity contribution in [2.75, 3.05) is 13.1 Å². The molecular weight excluding hydrogens is 378 g/mol. The lowest BCUT2D eigenvalue weighted by Gasteiger charge is -2.47. The molecule has 1 unspecified atom stereocenters. The van der Waals surface area contributed by atoms with Crippen LogP contribution < -0.4 is 10.1 Å². The minimum Gasteiger partial charge on any atom is -0.487 e. The van der Waals surface area contributed by atoms with Gasteiger partial charge in [0.25, 0.3) is 5.91 Å². The molecular formula is C24H29N3O3. The summed E-state index contributed by atoms with van der Waals surface area (Å²) in [5.74, 6) is 1.11. The predicted molar refractivity (Wildman–Crippen MR) is 114 cm³/mol. The maximum atomic E-state index is 12.8. The first kappa shape index (κ1) is 20.4. The fraction of sp³-hybridized carbons (Fsp3) is 0.458. The van der Waals surface area contributed by atoms with Gasteiger partial charge in [0, 0.05) is 62.3 Å². The van der Waals surface area contributed by atoms with E-state index in [1.54, 1.807) is 24.5 Å². The van der Waals surface area contributed by atoms with Crippen molar-refractivity contribution in [2.45, 2.75) is 57.1 Å². The first-order valence-corrected chi connectivity index (χ1v) is 10.7. The lowest BCUT2D eigenvalue weighted by molar-refractivity contribution is -0.122. The number of nitrogens with one attached hydrogen (secondary N) is 1.